The fourth-order valence-corrected chi connectivity index (χ4v) is 2.00. The van der Waals surface area contributed by atoms with Gasteiger partial charge in [-0.05, 0) is 24.6 Å². The summed E-state index contributed by atoms with van der Waals surface area (Å²) >= 11 is 1.79. The summed E-state index contributed by atoms with van der Waals surface area (Å²) in [6.07, 6.45) is 1.13. The van der Waals surface area contributed by atoms with Gasteiger partial charge in [0, 0.05) is 10.1 Å². The van der Waals surface area contributed by atoms with Gasteiger partial charge in [0.15, 0.2) is 0 Å². The molecule has 1 aromatic rings. The monoisotopic (exact) mass is 206 g/mol. The van der Waals surface area contributed by atoms with Crippen LogP contribution in [0.1, 0.15) is 25.8 Å². The summed E-state index contributed by atoms with van der Waals surface area (Å²) in [5.41, 5.74) is 6.84. The third kappa shape index (κ3) is 2.68. The van der Waals surface area contributed by atoms with Crippen LogP contribution in [-0.2, 0) is 0 Å². The van der Waals surface area contributed by atoms with Gasteiger partial charge >= 0.3 is 0 Å². The molecule has 1 atom stereocenters. The van der Waals surface area contributed by atoms with E-state index in [1.165, 1.54) is 0 Å². The summed E-state index contributed by atoms with van der Waals surface area (Å²) in [5.74, 6) is 0. The summed E-state index contributed by atoms with van der Waals surface area (Å²) in [5, 5.41) is 9.29. The highest BCUT2D eigenvalue weighted by atomic mass is 32.2. The Hall–Kier alpha value is -1.14. The van der Waals surface area contributed by atoms with Gasteiger partial charge in [0.2, 0.25) is 0 Å². The van der Waals surface area contributed by atoms with Gasteiger partial charge in [-0.15, -0.1) is 11.8 Å². The second kappa shape index (κ2) is 4.92. The average molecular weight is 206 g/mol. The topological polar surface area (TPSA) is 49.8 Å². The van der Waals surface area contributed by atoms with Crippen LogP contribution in [0.5, 0.6) is 0 Å². The molecule has 0 heterocycles. The molecule has 1 aromatic carbocycles. The highest BCUT2D eigenvalue weighted by Crippen LogP contribution is 2.27. The van der Waals surface area contributed by atoms with E-state index in [-0.39, 0.29) is 0 Å². The van der Waals surface area contributed by atoms with Gasteiger partial charge in [0.1, 0.15) is 6.07 Å². The van der Waals surface area contributed by atoms with E-state index in [1.807, 2.05) is 12.1 Å². The minimum atomic E-state index is 0.554. The first-order valence-corrected chi connectivity index (χ1v) is 5.51. The molecule has 0 saturated heterocycles. The van der Waals surface area contributed by atoms with Crippen molar-refractivity contribution in [1.82, 2.24) is 0 Å². The van der Waals surface area contributed by atoms with E-state index in [0.29, 0.717) is 16.5 Å². The van der Waals surface area contributed by atoms with Crippen molar-refractivity contribution in [3.8, 4) is 6.07 Å². The van der Waals surface area contributed by atoms with Crippen molar-refractivity contribution in [3.05, 3.63) is 23.8 Å². The maximum Gasteiger partial charge on any atom is 0.101 e. The van der Waals surface area contributed by atoms with Crippen LogP contribution in [0.25, 0.3) is 0 Å². The maximum absolute atomic E-state index is 8.70. The van der Waals surface area contributed by atoms with Crippen LogP contribution in [-0.4, -0.2) is 5.25 Å². The van der Waals surface area contributed by atoms with Crippen molar-refractivity contribution in [3.63, 3.8) is 0 Å². The lowest BCUT2D eigenvalue weighted by molar-refractivity contribution is 0.906. The zero-order valence-corrected chi connectivity index (χ0v) is 9.27. The molecule has 0 fully saturated rings. The Kier molecular flexibility index (Phi) is 3.84. The number of nitrogens with zero attached hydrogens (tertiary/aromatic N) is 1. The Bertz CT molecular complexity index is 355. The molecule has 0 bridgehead atoms. The molecule has 0 aromatic heterocycles. The second-order valence-electron chi connectivity index (χ2n) is 3.20. The molecule has 0 aliphatic heterocycles. The Morgan fingerprint density at radius 3 is 2.79 bits per heavy atom. The normalized spacial score (nSPS) is 12.1. The van der Waals surface area contributed by atoms with Crippen LogP contribution in [0.4, 0.5) is 5.69 Å². The number of nitrogens with two attached hydrogens (primary N) is 1. The lowest BCUT2D eigenvalue weighted by atomic mass is 10.2. The van der Waals surface area contributed by atoms with Crippen LogP contribution in [0.2, 0.25) is 0 Å². The first kappa shape index (κ1) is 10.9. The minimum absolute atomic E-state index is 0.554. The Morgan fingerprint density at radius 2 is 2.29 bits per heavy atom. The molecule has 1 rings (SSSR count). The predicted octanol–water partition coefficient (Wildman–Crippen LogP) is 3.03. The molecular formula is C11H14N2S. The first-order chi connectivity index (χ1) is 6.67. The van der Waals surface area contributed by atoms with Crippen molar-refractivity contribution in [2.75, 3.05) is 5.73 Å². The van der Waals surface area contributed by atoms with Gasteiger partial charge in [0.25, 0.3) is 0 Å². The van der Waals surface area contributed by atoms with Gasteiger partial charge < -0.3 is 5.73 Å². The van der Waals surface area contributed by atoms with Crippen LogP contribution < -0.4 is 5.73 Å². The lowest BCUT2D eigenvalue weighted by Crippen LogP contribution is -1.94. The molecule has 74 valence electrons. The SMILES string of the molecule is CCC(C)Sc1ccc(C#N)c(N)c1. The van der Waals surface area contributed by atoms with E-state index in [4.69, 9.17) is 11.0 Å². The molecule has 0 amide bonds. The van der Waals surface area contributed by atoms with Gasteiger partial charge in [-0.1, -0.05) is 13.8 Å². The van der Waals surface area contributed by atoms with E-state index >= 15 is 0 Å². The highest BCUT2D eigenvalue weighted by Gasteiger charge is 2.04. The number of hydrogen-bond acceptors (Lipinski definition) is 3. The predicted molar refractivity (Wildman–Crippen MR) is 61.2 cm³/mol. The second-order valence-corrected chi connectivity index (χ2v) is 4.71. The van der Waals surface area contributed by atoms with Gasteiger partial charge in [-0.3, -0.25) is 0 Å². The van der Waals surface area contributed by atoms with Crippen LogP contribution in [0, 0.1) is 11.3 Å². The highest BCUT2D eigenvalue weighted by molar-refractivity contribution is 7.99. The van der Waals surface area contributed by atoms with Gasteiger partial charge in [-0.2, -0.15) is 5.26 Å². The number of hydrogen-bond donors (Lipinski definition) is 1. The lowest BCUT2D eigenvalue weighted by Gasteiger charge is -2.08. The van der Waals surface area contributed by atoms with Gasteiger partial charge in [0.05, 0.1) is 11.3 Å². The van der Waals surface area contributed by atoms with E-state index in [0.717, 1.165) is 11.3 Å². The number of benzene rings is 1. The quantitative estimate of drug-likeness (QED) is 0.611. The molecule has 1 unspecified atom stereocenters. The van der Waals surface area contributed by atoms with E-state index in [1.54, 1.807) is 17.8 Å². The number of anilines is 1. The Labute approximate surface area is 89.1 Å². The molecule has 3 heteroatoms. The molecule has 0 aliphatic carbocycles. The van der Waals surface area contributed by atoms with Crippen molar-refractivity contribution in [2.45, 2.75) is 30.4 Å². The van der Waals surface area contributed by atoms with Crippen molar-refractivity contribution in [2.24, 2.45) is 0 Å². The summed E-state index contributed by atoms with van der Waals surface area (Å²) in [4.78, 5) is 1.14. The molecule has 0 aliphatic rings. The smallest absolute Gasteiger partial charge is 0.101 e. The number of thioether (sulfide) groups is 1. The van der Waals surface area contributed by atoms with E-state index < -0.39 is 0 Å². The Morgan fingerprint density at radius 1 is 1.57 bits per heavy atom. The molecule has 2 N–H and O–H groups in total. The standard InChI is InChI=1S/C11H14N2S/c1-3-8(2)14-10-5-4-9(7-12)11(13)6-10/h4-6,8H,3,13H2,1-2H3. The summed E-state index contributed by atoms with van der Waals surface area (Å²) < 4.78 is 0. The Balaban J connectivity index is 2.82. The zero-order chi connectivity index (χ0) is 10.6. The number of rotatable bonds is 3. The van der Waals surface area contributed by atoms with E-state index in [9.17, 15) is 0 Å². The van der Waals surface area contributed by atoms with Gasteiger partial charge in [-0.25, -0.2) is 0 Å². The maximum atomic E-state index is 8.70. The van der Waals surface area contributed by atoms with Crippen LogP contribution in [0.3, 0.4) is 0 Å². The molecule has 0 spiro atoms. The van der Waals surface area contributed by atoms with Crippen LogP contribution >= 0.6 is 11.8 Å². The minimum Gasteiger partial charge on any atom is -0.398 e. The fraction of sp³-hybridized carbons (Fsp3) is 0.364. The van der Waals surface area contributed by atoms with Crippen LogP contribution in [0.15, 0.2) is 23.1 Å². The number of nitrogen functional groups attached to an aromatic ring is 1. The third-order valence-electron chi connectivity index (χ3n) is 2.06. The fourth-order valence-electron chi connectivity index (χ4n) is 1.03. The zero-order valence-electron chi connectivity index (χ0n) is 8.45. The first-order valence-electron chi connectivity index (χ1n) is 4.63. The summed E-state index contributed by atoms with van der Waals surface area (Å²) in [6.45, 7) is 4.34. The molecule has 0 saturated carbocycles. The molecule has 14 heavy (non-hydrogen) atoms. The van der Waals surface area contributed by atoms with Crippen molar-refractivity contribution in [1.29, 1.82) is 5.26 Å². The molecular weight excluding hydrogens is 192 g/mol. The van der Waals surface area contributed by atoms with Crippen molar-refractivity contribution >= 4 is 17.4 Å². The van der Waals surface area contributed by atoms with E-state index in [2.05, 4.69) is 19.9 Å². The largest absolute Gasteiger partial charge is 0.398 e. The molecule has 2 nitrogen and oxygen atoms in total. The average Bonchev–Trinajstić information content (AvgIpc) is 2.18. The van der Waals surface area contributed by atoms with Crippen molar-refractivity contribution < 1.29 is 0 Å². The molecule has 0 radical (unpaired) electrons. The summed E-state index contributed by atoms with van der Waals surface area (Å²) in [7, 11) is 0. The third-order valence-corrected chi connectivity index (χ3v) is 3.32. The summed E-state index contributed by atoms with van der Waals surface area (Å²) in [6, 6.07) is 7.65. The number of nitriles is 1.